The minimum absolute atomic E-state index is 0.0586. The van der Waals surface area contributed by atoms with Gasteiger partial charge in [-0.3, -0.25) is 9.59 Å². The molecule has 0 bridgehead atoms. The van der Waals surface area contributed by atoms with Gasteiger partial charge in [0.1, 0.15) is 0 Å². The molecular formula is C19H23N3O2S. The first kappa shape index (κ1) is 17.6. The number of fused-ring (bicyclic) bond motifs is 1. The zero-order chi connectivity index (χ0) is 18.0. The molecule has 0 radical (unpaired) electrons. The maximum absolute atomic E-state index is 12.2. The SMILES string of the molecule is Cc1ccccc1NCCC(=O)Nc1nc2c(s1)C(=O)CC(C)(C)C2. The molecule has 6 heteroatoms. The van der Waals surface area contributed by atoms with E-state index in [1.54, 1.807) is 0 Å². The van der Waals surface area contributed by atoms with E-state index in [4.69, 9.17) is 0 Å². The first-order valence-electron chi connectivity index (χ1n) is 8.46. The van der Waals surface area contributed by atoms with Gasteiger partial charge < -0.3 is 10.6 Å². The summed E-state index contributed by atoms with van der Waals surface area (Å²) in [5.41, 5.74) is 2.95. The molecule has 25 heavy (non-hydrogen) atoms. The molecule has 2 N–H and O–H groups in total. The fourth-order valence-corrected chi connectivity index (χ4v) is 3.97. The molecule has 2 aromatic rings. The Bertz CT molecular complexity index is 811. The molecule has 0 fully saturated rings. The molecule has 1 aliphatic rings. The number of aryl methyl sites for hydroxylation is 1. The standard InChI is InChI=1S/C19H23N3O2S/c1-12-6-4-5-7-13(12)20-9-8-16(24)22-18-21-14-10-19(2,3)11-15(23)17(14)25-18/h4-7,20H,8-11H2,1-3H3,(H,21,22,24). The summed E-state index contributed by atoms with van der Waals surface area (Å²) in [7, 11) is 0. The third kappa shape index (κ3) is 4.25. The summed E-state index contributed by atoms with van der Waals surface area (Å²) >= 11 is 1.29. The molecule has 1 aromatic heterocycles. The Kier molecular flexibility index (Phi) is 4.90. The van der Waals surface area contributed by atoms with Crippen molar-refractivity contribution in [1.82, 2.24) is 4.98 Å². The van der Waals surface area contributed by atoms with Crippen molar-refractivity contribution in [1.29, 1.82) is 0 Å². The van der Waals surface area contributed by atoms with Crippen molar-refractivity contribution in [2.24, 2.45) is 5.41 Å². The van der Waals surface area contributed by atoms with Crippen LogP contribution in [0, 0.1) is 12.3 Å². The van der Waals surface area contributed by atoms with Crippen LogP contribution >= 0.6 is 11.3 Å². The Morgan fingerprint density at radius 2 is 2.04 bits per heavy atom. The quantitative estimate of drug-likeness (QED) is 0.847. The number of aromatic nitrogens is 1. The number of ketones is 1. The van der Waals surface area contributed by atoms with Crippen LogP contribution in [0.25, 0.3) is 0 Å². The average Bonchev–Trinajstić information content (AvgIpc) is 2.90. The molecule has 1 heterocycles. The van der Waals surface area contributed by atoms with Gasteiger partial charge in [0.2, 0.25) is 5.91 Å². The van der Waals surface area contributed by atoms with Crippen molar-refractivity contribution in [3.05, 3.63) is 40.4 Å². The van der Waals surface area contributed by atoms with Crippen molar-refractivity contribution in [3.63, 3.8) is 0 Å². The maximum Gasteiger partial charge on any atom is 0.227 e. The molecule has 1 aliphatic carbocycles. The normalized spacial score (nSPS) is 15.6. The third-order valence-electron chi connectivity index (χ3n) is 4.29. The number of thiazole rings is 1. The molecule has 0 saturated heterocycles. The van der Waals surface area contributed by atoms with E-state index in [2.05, 4.69) is 29.5 Å². The van der Waals surface area contributed by atoms with Crippen LogP contribution in [0.5, 0.6) is 0 Å². The van der Waals surface area contributed by atoms with Crippen LogP contribution in [0.15, 0.2) is 24.3 Å². The molecule has 3 rings (SSSR count). The number of hydrogen-bond acceptors (Lipinski definition) is 5. The second-order valence-corrected chi connectivity index (χ2v) is 8.27. The van der Waals surface area contributed by atoms with Gasteiger partial charge in [-0.1, -0.05) is 43.4 Å². The fraction of sp³-hybridized carbons (Fsp3) is 0.421. The number of hydrogen-bond donors (Lipinski definition) is 2. The summed E-state index contributed by atoms with van der Waals surface area (Å²) in [4.78, 5) is 29.5. The second-order valence-electron chi connectivity index (χ2n) is 7.28. The van der Waals surface area contributed by atoms with Gasteiger partial charge in [-0.25, -0.2) is 4.98 Å². The van der Waals surface area contributed by atoms with E-state index in [9.17, 15) is 9.59 Å². The van der Waals surface area contributed by atoms with E-state index < -0.39 is 0 Å². The Labute approximate surface area is 151 Å². The van der Waals surface area contributed by atoms with Gasteiger partial charge in [0.05, 0.1) is 10.6 Å². The predicted molar refractivity (Wildman–Crippen MR) is 101 cm³/mol. The van der Waals surface area contributed by atoms with Crippen molar-refractivity contribution in [2.45, 2.75) is 40.0 Å². The van der Waals surface area contributed by atoms with Crippen LogP contribution in [0.4, 0.5) is 10.8 Å². The molecule has 1 aromatic carbocycles. The first-order chi connectivity index (χ1) is 11.8. The molecule has 0 aliphatic heterocycles. The number of carbonyl (C=O) groups excluding carboxylic acids is 2. The Balaban J connectivity index is 1.56. The molecule has 132 valence electrons. The van der Waals surface area contributed by atoms with Crippen molar-refractivity contribution < 1.29 is 9.59 Å². The van der Waals surface area contributed by atoms with Gasteiger partial charge >= 0.3 is 0 Å². The highest BCUT2D eigenvalue weighted by molar-refractivity contribution is 7.17. The molecular weight excluding hydrogens is 334 g/mol. The maximum atomic E-state index is 12.2. The van der Waals surface area contributed by atoms with Crippen molar-refractivity contribution in [3.8, 4) is 0 Å². The number of carbonyl (C=O) groups is 2. The van der Waals surface area contributed by atoms with Gasteiger partial charge in [-0.05, 0) is 30.4 Å². The third-order valence-corrected chi connectivity index (χ3v) is 5.35. The summed E-state index contributed by atoms with van der Waals surface area (Å²) in [6, 6.07) is 7.98. The fourth-order valence-electron chi connectivity index (χ4n) is 3.04. The average molecular weight is 357 g/mol. The summed E-state index contributed by atoms with van der Waals surface area (Å²) < 4.78 is 0. The minimum Gasteiger partial charge on any atom is -0.384 e. The van der Waals surface area contributed by atoms with E-state index in [0.29, 0.717) is 29.4 Å². The Morgan fingerprint density at radius 3 is 2.80 bits per heavy atom. The highest BCUT2D eigenvalue weighted by Gasteiger charge is 2.34. The zero-order valence-electron chi connectivity index (χ0n) is 14.8. The number of amides is 1. The lowest BCUT2D eigenvalue weighted by Crippen LogP contribution is -2.26. The number of rotatable bonds is 5. The van der Waals surface area contributed by atoms with E-state index in [1.165, 1.54) is 11.3 Å². The van der Waals surface area contributed by atoms with Gasteiger partial charge in [0.15, 0.2) is 10.9 Å². The molecule has 0 unspecified atom stereocenters. The Morgan fingerprint density at radius 1 is 1.28 bits per heavy atom. The van der Waals surface area contributed by atoms with E-state index in [0.717, 1.165) is 23.4 Å². The summed E-state index contributed by atoms with van der Waals surface area (Å²) in [6.07, 6.45) is 1.66. The van der Waals surface area contributed by atoms with Crippen LogP contribution in [0.1, 0.15) is 47.6 Å². The van der Waals surface area contributed by atoms with Gasteiger partial charge in [-0.15, -0.1) is 0 Å². The first-order valence-corrected chi connectivity index (χ1v) is 9.28. The van der Waals surface area contributed by atoms with Crippen LogP contribution in [-0.4, -0.2) is 23.2 Å². The monoisotopic (exact) mass is 357 g/mol. The van der Waals surface area contributed by atoms with Crippen LogP contribution < -0.4 is 10.6 Å². The van der Waals surface area contributed by atoms with Crippen molar-refractivity contribution >= 4 is 33.8 Å². The molecule has 0 spiro atoms. The van der Waals surface area contributed by atoms with Crippen LogP contribution in [0.2, 0.25) is 0 Å². The van der Waals surface area contributed by atoms with Crippen LogP contribution in [0.3, 0.4) is 0 Å². The van der Waals surface area contributed by atoms with E-state index >= 15 is 0 Å². The minimum atomic E-state index is -0.0982. The number of benzene rings is 1. The lowest BCUT2D eigenvalue weighted by atomic mass is 9.78. The molecule has 0 atom stereocenters. The Hall–Kier alpha value is -2.21. The van der Waals surface area contributed by atoms with E-state index in [1.807, 2.05) is 31.2 Å². The zero-order valence-corrected chi connectivity index (χ0v) is 15.6. The summed E-state index contributed by atoms with van der Waals surface area (Å²) in [5.74, 6) is 0.0318. The number of Topliss-reactive ketones (excluding diaryl/α,β-unsaturated/α-hetero) is 1. The van der Waals surface area contributed by atoms with Gasteiger partial charge in [0.25, 0.3) is 0 Å². The smallest absolute Gasteiger partial charge is 0.227 e. The lowest BCUT2D eigenvalue weighted by molar-refractivity contribution is -0.115. The second kappa shape index (κ2) is 6.96. The lowest BCUT2D eigenvalue weighted by Gasteiger charge is -2.26. The van der Waals surface area contributed by atoms with E-state index in [-0.39, 0.29) is 17.1 Å². The largest absolute Gasteiger partial charge is 0.384 e. The highest BCUT2D eigenvalue weighted by atomic mass is 32.1. The van der Waals surface area contributed by atoms with Gasteiger partial charge in [-0.2, -0.15) is 0 Å². The van der Waals surface area contributed by atoms with Crippen LogP contribution in [-0.2, 0) is 11.2 Å². The molecule has 0 saturated carbocycles. The number of nitrogens with zero attached hydrogens (tertiary/aromatic N) is 1. The summed E-state index contributed by atoms with van der Waals surface area (Å²) in [6.45, 7) is 6.72. The number of anilines is 2. The number of para-hydroxylation sites is 1. The highest BCUT2D eigenvalue weighted by Crippen LogP contribution is 2.38. The molecule has 5 nitrogen and oxygen atoms in total. The number of nitrogens with one attached hydrogen (secondary N) is 2. The van der Waals surface area contributed by atoms with Crippen molar-refractivity contribution in [2.75, 3.05) is 17.2 Å². The summed E-state index contributed by atoms with van der Waals surface area (Å²) in [5, 5.41) is 6.61. The topological polar surface area (TPSA) is 71.1 Å². The molecule has 1 amide bonds. The van der Waals surface area contributed by atoms with Gasteiger partial charge in [0, 0.05) is 25.1 Å². The predicted octanol–water partition coefficient (Wildman–Crippen LogP) is 4.05.